The third-order valence-electron chi connectivity index (χ3n) is 8.05. The van der Waals surface area contributed by atoms with E-state index in [9.17, 15) is 10.5 Å². The molecule has 0 spiro atoms. The number of para-hydroxylation sites is 1. The maximum absolute atomic E-state index is 10.0. The van der Waals surface area contributed by atoms with Gasteiger partial charge in [-0.25, -0.2) is 0 Å². The molecule has 0 heterocycles. The Balaban J connectivity index is 1.18. The quantitative estimate of drug-likeness (QED) is 0.127. The number of nitriles is 2. The van der Waals surface area contributed by atoms with Gasteiger partial charge in [0.05, 0.1) is 23.3 Å². The third kappa shape index (κ3) is 7.31. The molecular formula is C43H33N3. The smallest absolute Gasteiger partial charge is 0.0998 e. The Morgan fingerprint density at radius 3 is 1.61 bits per heavy atom. The Morgan fingerprint density at radius 2 is 1.09 bits per heavy atom. The van der Waals surface area contributed by atoms with E-state index in [0.717, 1.165) is 52.9 Å². The molecule has 3 nitrogen and oxygen atoms in total. The van der Waals surface area contributed by atoms with Gasteiger partial charge in [-0.1, -0.05) is 121 Å². The lowest BCUT2D eigenvalue weighted by molar-refractivity contribution is 0.917. The van der Waals surface area contributed by atoms with E-state index in [1.165, 1.54) is 16.8 Å². The first-order chi connectivity index (χ1) is 22.7. The first-order valence-electron chi connectivity index (χ1n) is 15.5. The van der Waals surface area contributed by atoms with Gasteiger partial charge < -0.3 is 4.90 Å². The molecule has 0 fully saturated rings. The van der Waals surface area contributed by atoms with E-state index in [-0.39, 0.29) is 0 Å². The van der Waals surface area contributed by atoms with E-state index in [0.29, 0.717) is 11.1 Å². The topological polar surface area (TPSA) is 50.8 Å². The van der Waals surface area contributed by atoms with Crippen LogP contribution in [-0.2, 0) is 6.42 Å². The van der Waals surface area contributed by atoms with Gasteiger partial charge in [-0.2, -0.15) is 10.5 Å². The van der Waals surface area contributed by atoms with Crippen LogP contribution in [0.3, 0.4) is 0 Å². The zero-order chi connectivity index (χ0) is 31.6. The van der Waals surface area contributed by atoms with Crippen molar-refractivity contribution in [2.45, 2.75) is 19.3 Å². The predicted octanol–water partition coefficient (Wildman–Crippen LogP) is 10.8. The fraction of sp³-hybridized carbons (Fsp3) is 0.0698. The van der Waals surface area contributed by atoms with Crippen LogP contribution >= 0.6 is 0 Å². The van der Waals surface area contributed by atoms with Crippen LogP contribution in [0.25, 0.3) is 23.3 Å². The zero-order valence-corrected chi connectivity index (χ0v) is 25.6. The van der Waals surface area contributed by atoms with Gasteiger partial charge in [-0.3, -0.25) is 0 Å². The summed E-state index contributed by atoms with van der Waals surface area (Å²) in [4.78, 5) is 2.29. The number of nitrogens with zero attached hydrogens (tertiary/aromatic N) is 3. The second-order valence-electron chi connectivity index (χ2n) is 11.2. The summed E-state index contributed by atoms with van der Waals surface area (Å²) in [5, 5.41) is 20.0. The average molecular weight is 592 g/mol. The van der Waals surface area contributed by atoms with Crippen molar-refractivity contribution in [1.29, 1.82) is 10.5 Å². The molecule has 0 amide bonds. The molecule has 0 atom stereocenters. The SMILES string of the molecule is N#C/C(=C\c1ccc(Cc2ccccc2)cc1)c1ccc(/C(C#N)=C/c2ccc(N(C3=CC=CCC3)c3ccccc3)cc2)cc1. The monoisotopic (exact) mass is 591 g/mol. The first kappa shape index (κ1) is 29.9. The van der Waals surface area contributed by atoms with Crippen molar-refractivity contribution in [2.24, 2.45) is 0 Å². The van der Waals surface area contributed by atoms with Gasteiger partial charge in [0.1, 0.15) is 0 Å². The molecule has 220 valence electrons. The van der Waals surface area contributed by atoms with Crippen LogP contribution in [0.4, 0.5) is 11.4 Å². The van der Waals surface area contributed by atoms with Crippen LogP contribution in [-0.4, -0.2) is 0 Å². The lowest BCUT2D eigenvalue weighted by atomic mass is 9.98. The maximum atomic E-state index is 10.0. The summed E-state index contributed by atoms with van der Waals surface area (Å²) in [5.41, 5.74) is 10.6. The van der Waals surface area contributed by atoms with Gasteiger partial charge in [-0.05, 0) is 95.1 Å². The summed E-state index contributed by atoms with van der Waals surface area (Å²) in [6.07, 6.45) is 13.2. The van der Waals surface area contributed by atoms with Crippen molar-refractivity contribution >= 4 is 34.7 Å². The highest BCUT2D eigenvalue weighted by atomic mass is 15.1. The molecule has 0 N–H and O–H groups in total. The largest absolute Gasteiger partial charge is 0.314 e. The van der Waals surface area contributed by atoms with E-state index in [2.05, 4.69) is 120 Å². The second kappa shape index (κ2) is 14.5. The van der Waals surface area contributed by atoms with Gasteiger partial charge >= 0.3 is 0 Å². The van der Waals surface area contributed by atoms with E-state index in [1.807, 2.05) is 60.7 Å². The summed E-state index contributed by atoms with van der Waals surface area (Å²) in [6.45, 7) is 0. The molecular weight excluding hydrogens is 558 g/mol. The van der Waals surface area contributed by atoms with Gasteiger partial charge in [0.15, 0.2) is 0 Å². The molecule has 0 unspecified atom stereocenters. The van der Waals surface area contributed by atoms with E-state index in [4.69, 9.17) is 0 Å². The summed E-state index contributed by atoms with van der Waals surface area (Å²) in [5.74, 6) is 0. The van der Waals surface area contributed by atoms with Crippen LogP contribution < -0.4 is 4.90 Å². The normalized spacial score (nSPS) is 13.0. The summed E-state index contributed by atoms with van der Waals surface area (Å²) >= 11 is 0. The molecule has 0 bridgehead atoms. The molecule has 1 aliphatic rings. The number of allylic oxidation sites excluding steroid dienone is 6. The third-order valence-corrected chi connectivity index (χ3v) is 8.05. The number of hydrogen-bond donors (Lipinski definition) is 0. The molecule has 1 aliphatic carbocycles. The van der Waals surface area contributed by atoms with Gasteiger partial charge in [-0.15, -0.1) is 0 Å². The van der Waals surface area contributed by atoms with Crippen molar-refractivity contribution in [3.05, 3.63) is 191 Å². The Kier molecular flexibility index (Phi) is 9.45. The van der Waals surface area contributed by atoms with Gasteiger partial charge in [0.25, 0.3) is 0 Å². The lowest BCUT2D eigenvalue weighted by Crippen LogP contribution is -2.17. The fourth-order valence-corrected chi connectivity index (χ4v) is 5.64. The average Bonchev–Trinajstić information content (AvgIpc) is 3.12. The van der Waals surface area contributed by atoms with Crippen LogP contribution in [0.5, 0.6) is 0 Å². The Bertz CT molecular complexity index is 1980. The molecule has 5 aromatic rings. The molecule has 0 aliphatic heterocycles. The highest BCUT2D eigenvalue weighted by Gasteiger charge is 2.15. The predicted molar refractivity (Wildman–Crippen MR) is 191 cm³/mol. The van der Waals surface area contributed by atoms with Crippen LogP contribution in [0.2, 0.25) is 0 Å². The highest BCUT2D eigenvalue weighted by molar-refractivity contribution is 5.92. The van der Waals surface area contributed by atoms with Crippen molar-refractivity contribution in [1.82, 2.24) is 0 Å². The first-order valence-corrected chi connectivity index (χ1v) is 15.5. The van der Waals surface area contributed by atoms with Crippen molar-refractivity contribution in [2.75, 3.05) is 4.90 Å². The number of rotatable bonds is 9. The second-order valence-corrected chi connectivity index (χ2v) is 11.2. The van der Waals surface area contributed by atoms with E-state index in [1.54, 1.807) is 0 Å². The van der Waals surface area contributed by atoms with Crippen molar-refractivity contribution < 1.29 is 0 Å². The molecule has 46 heavy (non-hydrogen) atoms. The Morgan fingerprint density at radius 1 is 0.587 bits per heavy atom. The minimum Gasteiger partial charge on any atom is -0.314 e. The number of benzene rings is 5. The molecule has 0 radical (unpaired) electrons. The Labute approximate surface area is 271 Å². The van der Waals surface area contributed by atoms with Crippen molar-refractivity contribution in [3.8, 4) is 12.1 Å². The zero-order valence-electron chi connectivity index (χ0n) is 25.6. The minimum absolute atomic E-state index is 0.566. The number of anilines is 2. The Hall–Kier alpha value is -6.16. The van der Waals surface area contributed by atoms with Crippen molar-refractivity contribution in [3.63, 3.8) is 0 Å². The molecule has 0 aromatic heterocycles. The molecule has 0 saturated heterocycles. The summed E-state index contributed by atoms with van der Waals surface area (Å²) in [6, 6.07) is 49.8. The van der Waals surface area contributed by atoms with Gasteiger partial charge in [0, 0.05) is 17.1 Å². The highest BCUT2D eigenvalue weighted by Crippen LogP contribution is 2.33. The lowest BCUT2D eigenvalue weighted by Gasteiger charge is -2.29. The number of hydrogen-bond acceptors (Lipinski definition) is 3. The maximum Gasteiger partial charge on any atom is 0.0998 e. The van der Waals surface area contributed by atoms with Crippen LogP contribution in [0, 0.1) is 22.7 Å². The van der Waals surface area contributed by atoms with Gasteiger partial charge in [0.2, 0.25) is 0 Å². The molecule has 6 rings (SSSR count). The molecule has 5 aromatic carbocycles. The van der Waals surface area contributed by atoms with Crippen LogP contribution in [0.1, 0.15) is 46.2 Å². The van der Waals surface area contributed by atoms with E-state index < -0.39 is 0 Å². The standard InChI is InChI=1S/C43H33N3/c44-31-39(29-35-18-16-34(17-19-35)28-33-10-4-1-5-11-33)37-22-24-38(25-23-37)40(32-45)30-36-20-26-43(27-21-36)46(41-12-6-2-7-13-41)42-14-8-3-9-15-42/h1-8,10-14,16-27,29-30H,9,15,28H2/b39-29+,40-30+. The summed E-state index contributed by atoms with van der Waals surface area (Å²) < 4.78 is 0. The molecule has 0 saturated carbocycles. The van der Waals surface area contributed by atoms with E-state index >= 15 is 0 Å². The fourth-order valence-electron chi connectivity index (χ4n) is 5.64. The summed E-state index contributed by atoms with van der Waals surface area (Å²) in [7, 11) is 0. The van der Waals surface area contributed by atoms with Crippen LogP contribution in [0.15, 0.2) is 157 Å². The minimum atomic E-state index is 0.566. The molecule has 3 heteroatoms.